The van der Waals surface area contributed by atoms with Crippen LogP contribution in [-0.2, 0) is 6.42 Å². The minimum absolute atomic E-state index is 0.580. The van der Waals surface area contributed by atoms with Crippen LogP contribution in [0.1, 0.15) is 25.3 Å². The van der Waals surface area contributed by atoms with Gasteiger partial charge in [0.05, 0.1) is 11.0 Å². The van der Waals surface area contributed by atoms with Gasteiger partial charge in [0.15, 0.2) is 11.6 Å². The average molecular weight is 789 g/mol. The molecule has 0 unspecified atom stereocenters. The van der Waals surface area contributed by atoms with Crippen LogP contribution in [0.5, 0.6) is 0 Å². The van der Waals surface area contributed by atoms with Crippen LogP contribution in [0.25, 0.3) is 104 Å². The van der Waals surface area contributed by atoms with Gasteiger partial charge >= 0.3 is 0 Å². The molecule has 0 bridgehead atoms. The van der Waals surface area contributed by atoms with Gasteiger partial charge in [0.25, 0.3) is 0 Å². The van der Waals surface area contributed by atoms with E-state index in [1.165, 1.54) is 55.3 Å². The first-order valence-electron chi connectivity index (χ1n) is 20.7. The van der Waals surface area contributed by atoms with E-state index in [2.05, 4.69) is 187 Å². The Morgan fingerprint density at radius 3 is 1.85 bits per heavy atom. The summed E-state index contributed by atoms with van der Waals surface area (Å²) in [6, 6.07) is 67.2. The average Bonchev–Trinajstić information content (AvgIpc) is 3.86. The van der Waals surface area contributed by atoms with Crippen molar-refractivity contribution in [1.82, 2.24) is 19.5 Å². The summed E-state index contributed by atoms with van der Waals surface area (Å²) >= 11 is 1.91. The summed E-state index contributed by atoms with van der Waals surface area (Å²) in [5, 5.41) is 4.96. The maximum atomic E-state index is 5.29. The molecular weight excluding hydrogens is 749 g/mol. The van der Waals surface area contributed by atoms with Crippen molar-refractivity contribution in [3.05, 3.63) is 194 Å². The second-order valence-corrected chi connectivity index (χ2v) is 16.5. The number of hydrogen-bond acceptors (Lipinski definition) is 4. The Labute approximate surface area is 353 Å². The lowest BCUT2D eigenvalue weighted by molar-refractivity contribution is 0.796. The molecule has 286 valence electrons. The molecule has 0 aliphatic carbocycles. The third-order valence-corrected chi connectivity index (χ3v) is 12.9. The fourth-order valence-corrected chi connectivity index (χ4v) is 9.90. The van der Waals surface area contributed by atoms with Crippen molar-refractivity contribution < 1.29 is 0 Å². The summed E-state index contributed by atoms with van der Waals surface area (Å²) in [5.74, 6) is 1.82. The van der Waals surface area contributed by atoms with E-state index in [0.29, 0.717) is 17.6 Å². The Morgan fingerprint density at radius 1 is 0.433 bits per heavy atom. The highest BCUT2D eigenvalue weighted by molar-refractivity contribution is 7.26. The minimum atomic E-state index is 0.580. The Hall–Kier alpha value is -7.21. The first-order chi connectivity index (χ1) is 29.7. The number of aromatic nitrogens is 4. The molecule has 0 radical (unpaired) electrons. The van der Waals surface area contributed by atoms with Crippen molar-refractivity contribution >= 4 is 53.3 Å². The number of benzene rings is 8. The first-order valence-corrected chi connectivity index (χ1v) is 21.6. The van der Waals surface area contributed by atoms with Gasteiger partial charge in [-0.3, -0.25) is 4.57 Å². The van der Waals surface area contributed by atoms with Gasteiger partial charge in [-0.05, 0) is 82.1 Å². The summed E-state index contributed by atoms with van der Waals surface area (Å²) < 4.78 is 4.89. The van der Waals surface area contributed by atoms with E-state index < -0.39 is 0 Å². The minimum Gasteiger partial charge on any atom is -0.278 e. The summed E-state index contributed by atoms with van der Waals surface area (Å²) in [5.41, 5.74) is 12.4. The first kappa shape index (κ1) is 35.9. The molecule has 4 nitrogen and oxygen atoms in total. The van der Waals surface area contributed by atoms with Crippen molar-refractivity contribution in [3.63, 3.8) is 0 Å². The zero-order valence-corrected chi connectivity index (χ0v) is 34.0. The molecule has 11 rings (SSSR count). The van der Waals surface area contributed by atoms with E-state index in [4.69, 9.17) is 15.0 Å². The fourth-order valence-electron chi connectivity index (χ4n) is 8.60. The second kappa shape index (κ2) is 15.2. The number of aryl methyl sites for hydroxylation is 1. The Bertz CT molecular complexity index is 3350. The van der Waals surface area contributed by atoms with Crippen LogP contribution < -0.4 is 0 Å². The largest absolute Gasteiger partial charge is 0.278 e. The predicted octanol–water partition coefficient (Wildman–Crippen LogP) is 15.0. The zero-order valence-electron chi connectivity index (χ0n) is 33.2. The Morgan fingerprint density at radius 2 is 1.05 bits per heavy atom. The molecule has 0 N–H and O–H groups in total. The normalized spacial score (nSPS) is 11.6. The quantitative estimate of drug-likeness (QED) is 0.146. The number of thiophene rings is 1. The second-order valence-electron chi connectivity index (χ2n) is 15.5. The van der Waals surface area contributed by atoms with Gasteiger partial charge in [-0.2, -0.15) is 9.97 Å². The molecule has 3 heterocycles. The molecule has 0 aliphatic heterocycles. The lowest BCUT2D eigenvalue weighted by atomic mass is 10.00. The van der Waals surface area contributed by atoms with E-state index in [0.717, 1.165) is 56.0 Å². The molecule has 0 fully saturated rings. The van der Waals surface area contributed by atoms with Crippen LogP contribution in [0.4, 0.5) is 0 Å². The van der Waals surface area contributed by atoms with E-state index in [1.807, 2.05) is 23.5 Å². The van der Waals surface area contributed by atoms with Gasteiger partial charge in [0.2, 0.25) is 5.95 Å². The molecule has 11 aromatic rings. The van der Waals surface area contributed by atoms with Crippen molar-refractivity contribution in [2.75, 3.05) is 0 Å². The third-order valence-electron chi connectivity index (χ3n) is 11.7. The molecule has 0 atom stereocenters. The van der Waals surface area contributed by atoms with Gasteiger partial charge in [-0.1, -0.05) is 171 Å². The number of unbranched alkanes of at least 4 members (excludes halogenated alkanes) is 1. The molecule has 0 amide bonds. The lowest BCUT2D eigenvalue weighted by Gasteiger charge is -2.12. The SMILES string of the molecule is CCCCc1ccc2c(c1)sc1c(-c3ccc4c(c3)c3ccccc3n4-c3nc(-c4ccc(-c5ccccc5)cc4)nc(-c4cccc(-c5ccccc5)c4)n3)cccc12. The van der Waals surface area contributed by atoms with Crippen LogP contribution in [0.2, 0.25) is 0 Å². The summed E-state index contributed by atoms with van der Waals surface area (Å²) in [4.78, 5) is 15.7. The highest BCUT2D eigenvalue weighted by Gasteiger charge is 2.20. The molecule has 0 saturated carbocycles. The molecule has 0 saturated heterocycles. The number of nitrogens with zero attached hydrogens (tertiary/aromatic N) is 4. The van der Waals surface area contributed by atoms with Gasteiger partial charge in [0.1, 0.15) is 0 Å². The highest BCUT2D eigenvalue weighted by atomic mass is 32.1. The van der Waals surface area contributed by atoms with E-state index >= 15 is 0 Å². The lowest BCUT2D eigenvalue weighted by Crippen LogP contribution is -2.06. The van der Waals surface area contributed by atoms with Crippen molar-refractivity contribution in [2.24, 2.45) is 0 Å². The van der Waals surface area contributed by atoms with Crippen molar-refractivity contribution in [1.29, 1.82) is 0 Å². The van der Waals surface area contributed by atoms with Crippen molar-refractivity contribution in [3.8, 4) is 62.1 Å². The number of fused-ring (bicyclic) bond motifs is 6. The van der Waals surface area contributed by atoms with Crippen LogP contribution in [0.3, 0.4) is 0 Å². The van der Waals surface area contributed by atoms with E-state index in [1.54, 1.807) is 0 Å². The van der Waals surface area contributed by atoms with Gasteiger partial charge in [0, 0.05) is 42.1 Å². The van der Waals surface area contributed by atoms with E-state index in [9.17, 15) is 0 Å². The van der Waals surface area contributed by atoms with Crippen LogP contribution in [-0.4, -0.2) is 19.5 Å². The maximum absolute atomic E-state index is 5.29. The molecular formula is C55H40N4S. The fraction of sp³-hybridized carbons (Fsp3) is 0.0727. The molecule has 60 heavy (non-hydrogen) atoms. The molecule has 3 aromatic heterocycles. The number of hydrogen-bond donors (Lipinski definition) is 0. The highest BCUT2D eigenvalue weighted by Crippen LogP contribution is 2.42. The standard InChI is InChI=1S/C55H40N4S/c1-2-3-14-36-25-31-46-47-23-13-22-44(52(47)60-51(46)33-36)42-30-32-50-48(35-42)45-21-10-11-24-49(45)59(50)55-57-53(40-28-26-39(27-29-40)37-15-6-4-7-16-37)56-54(58-55)43-20-12-19-41(34-43)38-17-8-5-9-18-38/h4-13,15-35H,2-3,14H2,1H3. The Kier molecular flexibility index (Phi) is 9.09. The van der Waals surface area contributed by atoms with Gasteiger partial charge in [-0.15, -0.1) is 11.3 Å². The molecule has 8 aromatic carbocycles. The van der Waals surface area contributed by atoms with Crippen LogP contribution in [0, 0.1) is 0 Å². The van der Waals surface area contributed by atoms with Gasteiger partial charge in [-0.25, -0.2) is 4.98 Å². The zero-order chi connectivity index (χ0) is 40.0. The van der Waals surface area contributed by atoms with Crippen LogP contribution in [0.15, 0.2) is 188 Å². The van der Waals surface area contributed by atoms with E-state index in [-0.39, 0.29) is 0 Å². The third kappa shape index (κ3) is 6.44. The van der Waals surface area contributed by atoms with Gasteiger partial charge < -0.3 is 0 Å². The monoisotopic (exact) mass is 788 g/mol. The summed E-state index contributed by atoms with van der Waals surface area (Å²) in [6.45, 7) is 2.26. The van der Waals surface area contributed by atoms with Crippen molar-refractivity contribution in [2.45, 2.75) is 26.2 Å². The maximum Gasteiger partial charge on any atom is 0.238 e. The predicted molar refractivity (Wildman–Crippen MR) is 253 cm³/mol. The molecule has 0 spiro atoms. The molecule has 5 heteroatoms. The number of rotatable bonds is 9. The summed E-state index contributed by atoms with van der Waals surface area (Å²) in [6.07, 6.45) is 3.54. The van der Waals surface area contributed by atoms with Crippen LogP contribution >= 0.6 is 11.3 Å². The number of para-hydroxylation sites is 1. The summed E-state index contributed by atoms with van der Waals surface area (Å²) in [7, 11) is 0. The Balaban J connectivity index is 1.08. The topological polar surface area (TPSA) is 43.6 Å². The molecule has 0 aliphatic rings. The smallest absolute Gasteiger partial charge is 0.238 e.